The molecule has 0 amide bonds. The predicted octanol–water partition coefficient (Wildman–Crippen LogP) is 2.26. The number of anilines is 2. The third-order valence-corrected chi connectivity index (χ3v) is 3.57. The van der Waals surface area contributed by atoms with E-state index in [2.05, 4.69) is 22.5 Å². The number of ether oxygens (including phenoxy) is 1. The molecule has 2 heterocycles. The number of nitrogens with one attached hydrogen (secondary N) is 2. The van der Waals surface area contributed by atoms with Crippen LogP contribution >= 0.6 is 0 Å². The number of nitrogens with zero attached hydrogens (tertiary/aromatic N) is 2. The molecule has 1 fully saturated rings. The summed E-state index contributed by atoms with van der Waals surface area (Å²) >= 11 is 0. The number of pyridine rings is 1. The molecule has 1 saturated heterocycles. The van der Waals surface area contributed by atoms with E-state index in [1.54, 1.807) is 7.05 Å². The highest BCUT2D eigenvalue weighted by molar-refractivity contribution is 5.54. The molecular weight excluding hydrogens is 260 g/mol. The van der Waals surface area contributed by atoms with E-state index in [1.807, 2.05) is 0 Å². The summed E-state index contributed by atoms with van der Waals surface area (Å²) in [5.74, 6) is 1.43. The molecule has 2 unspecified atom stereocenters. The van der Waals surface area contributed by atoms with Crippen molar-refractivity contribution in [1.29, 1.82) is 0 Å². The standard InChI is InChI=1S/C13H20N4O3/c1-3-11-9(4-5-20-11)8-15-13-7-10(17(18)19)6-12(14-2)16-13/h6-7,9,11H,3-5,8H2,1-2H3,(H2,14,15,16). The van der Waals surface area contributed by atoms with Crippen molar-refractivity contribution in [2.75, 3.05) is 30.8 Å². The second kappa shape index (κ2) is 6.51. The van der Waals surface area contributed by atoms with Gasteiger partial charge in [0.1, 0.15) is 11.6 Å². The van der Waals surface area contributed by atoms with Crippen LogP contribution in [0, 0.1) is 16.0 Å². The first kappa shape index (κ1) is 14.5. The van der Waals surface area contributed by atoms with E-state index >= 15 is 0 Å². The number of hydrogen-bond donors (Lipinski definition) is 2. The first-order chi connectivity index (χ1) is 9.63. The van der Waals surface area contributed by atoms with E-state index in [0.717, 1.165) is 26.0 Å². The van der Waals surface area contributed by atoms with Crippen molar-refractivity contribution in [3.8, 4) is 0 Å². The maximum atomic E-state index is 10.9. The van der Waals surface area contributed by atoms with Crippen molar-refractivity contribution in [1.82, 2.24) is 4.98 Å². The molecule has 2 rings (SSSR count). The van der Waals surface area contributed by atoms with Crippen molar-refractivity contribution in [2.45, 2.75) is 25.9 Å². The largest absolute Gasteiger partial charge is 0.378 e. The molecule has 0 radical (unpaired) electrons. The van der Waals surface area contributed by atoms with E-state index in [1.165, 1.54) is 12.1 Å². The van der Waals surface area contributed by atoms with Crippen molar-refractivity contribution in [2.24, 2.45) is 5.92 Å². The van der Waals surface area contributed by atoms with Gasteiger partial charge < -0.3 is 15.4 Å². The molecule has 0 aliphatic carbocycles. The Morgan fingerprint density at radius 2 is 2.25 bits per heavy atom. The van der Waals surface area contributed by atoms with Gasteiger partial charge in [0.25, 0.3) is 5.69 Å². The van der Waals surface area contributed by atoms with Crippen LogP contribution in [0.25, 0.3) is 0 Å². The van der Waals surface area contributed by atoms with Gasteiger partial charge >= 0.3 is 0 Å². The SMILES string of the molecule is CCC1OCCC1CNc1cc([N+](=O)[O-])cc(NC)n1. The quantitative estimate of drug-likeness (QED) is 0.613. The molecule has 0 bridgehead atoms. The summed E-state index contributed by atoms with van der Waals surface area (Å²) in [6.45, 7) is 3.61. The van der Waals surface area contributed by atoms with Crippen LogP contribution in [0.2, 0.25) is 0 Å². The fraction of sp³-hybridized carbons (Fsp3) is 0.615. The maximum Gasteiger partial charge on any atom is 0.276 e. The summed E-state index contributed by atoms with van der Waals surface area (Å²) in [5.41, 5.74) is 0.0292. The lowest BCUT2D eigenvalue weighted by Gasteiger charge is -2.17. The molecule has 0 saturated carbocycles. The van der Waals surface area contributed by atoms with Gasteiger partial charge in [-0.15, -0.1) is 0 Å². The van der Waals surface area contributed by atoms with Gasteiger partial charge in [-0.25, -0.2) is 4.98 Å². The monoisotopic (exact) mass is 280 g/mol. The lowest BCUT2D eigenvalue weighted by atomic mass is 10.00. The van der Waals surface area contributed by atoms with E-state index in [0.29, 0.717) is 17.6 Å². The Bertz CT molecular complexity index is 481. The Balaban J connectivity index is 2.05. The first-order valence-corrected chi connectivity index (χ1v) is 6.83. The normalized spacial score (nSPS) is 21.7. The predicted molar refractivity (Wildman–Crippen MR) is 77.1 cm³/mol. The summed E-state index contributed by atoms with van der Waals surface area (Å²) in [4.78, 5) is 14.7. The van der Waals surface area contributed by atoms with E-state index in [4.69, 9.17) is 4.74 Å². The van der Waals surface area contributed by atoms with Crippen LogP contribution in [0.1, 0.15) is 19.8 Å². The van der Waals surface area contributed by atoms with Crippen LogP contribution in [0.5, 0.6) is 0 Å². The average molecular weight is 280 g/mol. The van der Waals surface area contributed by atoms with Crippen LogP contribution in [-0.2, 0) is 4.74 Å². The maximum absolute atomic E-state index is 10.9. The number of nitro groups is 1. The molecule has 1 aliphatic heterocycles. The average Bonchev–Trinajstić information content (AvgIpc) is 2.92. The van der Waals surface area contributed by atoms with Crippen LogP contribution < -0.4 is 10.6 Å². The summed E-state index contributed by atoms with van der Waals surface area (Å²) < 4.78 is 5.63. The lowest BCUT2D eigenvalue weighted by molar-refractivity contribution is -0.384. The van der Waals surface area contributed by atoms with Crippen LogP contribution in [0.3, 0.4) is 0 Å². The molecular formula is C13H20N4O3. The molecule has 7 heteroatoms. The third-order valence-electron chi connectivity index (χ3n) is 3.57. The van der Waals surface area contributed by atoms with Gasteiger partial charge in [-0.3, -0.25) is 10.1 Å². The highest BCUT2D eigenvalue weighted by atomic mass is 16.6. The number of rotatable bonds is 6. The van der Waals surface area contributed by atoms with Gasteiger partial charge in [0.2, 0.25) is 0 Å². The number of hydrogen-bond acceptors (Lipinski definition) is 6. The molecule has 20 heavy (non-hydrogen) atoms. The van der Waals surface area contributed by atoms with Crippen molar-refractivity contribution in [3.63, 3.8) is 0 Å². The van der Waals surface area contributed by atoms with Crippen molar-refractivity contribution >= 4 is 17.3 Å². The summed E-state index contributed by atoms with van der Waals surface area (Å²) in [7, 11) is 1.69. The van der Waals surface area contributed by atoms with E-state index in [-0.39, 0.29) is 11.8 Å². The van der Waals surface area contributed by atoms with Gasteiger partial charge in [-0.1, -0.05) is 6.92 Å². The Labute approximate surface area is 117 Å². The number of aromatic nitrogens is 1. The molecule has 2 atom stereocenters. The fourth-order valence-electron chi connectivity index (χ4n) is 2.45. The molecule has 1 aromatic heterocycles. The Morgan fingerprint density at radius 1 is 1.50 bits per heavy atom. The van der Waals surface area contributed by atoms with Gasteiger partial charge in [0.05, 0.1) is 23.2 Å². The van der Waals surface area contributed by atoms with E-state index < -0.39 is 4.92 Å². The molecule has 1 aromatic rings. The third kappa shape index (κ3) is 3.36. The van der Waals surface area contributed by atoms with Crippen molar-refractivity contribution < 1.29 is 9.66 Å². The minimum Gasteiger partial charge on any atom is -0.378 e. The Kier molecular flexibility index (Phi) is 4.73. The molecule has 0 aromatic carbocycles. The summed E-state index contributed by atoms with van der Waals surface area (Å²) in [6, 6.07) is 2.87. The van der Waals surface area contributed by atoms with Crippen molar-refractivity contribution in [3.05, 3.63) is 22.2 Å². The Morgan fingerprint density at radius 3 is 2.90 bits per heavy atom. The zero-order valence-electron chi connectivity index (χ0n) is 11.8. The molecule has 0 spiro atoms. The zero-order valence-corrected chi connectivity index (χ0v) is 11.8. The minimum absolute atomic E-state index is 0.0292. The zero-order chi connectivity index (χ0) is 14.5. The molecule has 1 aliphatic rings. The topological polar surface area (TPSA) is 89.3 Å². The second-order valence-corrected chi connectivity index (χ2v) is 4.85. The van der Waals surface area contributed by atoms with Gasteiger partial charge in [0, 0.05) is 26.1 Å². The molecule has 110 valence electrons. The minimum atomic E-state index is -0.415. The van der Waals surface area contributed by atoms with Gasteiger partial charge in [0.15, 0.2) is 0 Å². The highest BCUT2D eigenvalue weighted by Crippen LogP contribution is 2.25. The molecule has 7 nitrogen and oxygen atoms in total. The second-order valence-electron chi connectivity index (χ2n) is 4.85. The fourth-order valence-corrected chi connectivity index (χ4v) is 2.45. The Hall–Kier alpha value is -1.89. The summed E-state index contributed by atoms with van der Waals surface area (Å²) in [6.07, 6.45) is 2.26. The van der Waals surface area contributed by atoms with Crippen LogP contribution in [0.15, 0.2) is 12.1 Å². The van der Waals surface area contributed by atoms with Gasteiger partial charge in [-0.2, -0.15) is 0 Å². The smallest absolute Gasteiger partial charge is 0.276 e. The van der Waals surface area contributed by atoms with Crippen LogP contribution in [-0.4, -0.2) is 36.2 Å². The molecule has 2 N–H and O–H groups in total. The van der Waals surface area contributed by atoms with Crippen LogP contribution in [0.4, 0.5) is 17.3 Å². The lowest BCUT2D eigenvalue weighted by Crippen LogP contribution is -2.23. The van der Waals surface area contributed by atoms with E-state index in [9.17, 15) is 10.1 Å². The first-order valence-electron chi connectivity index (χ1n) is 6.83. The summed E-state index contributed by atoms with van der Waals surface area (Å²) in [5, 5.41) is 16.9. The van der Waals surface area contributed by atoms with Gasteiger partial charge in [-0.05, 0) is 12.8 Å². The highest BCUT2D eigenvalue weighted by Gasteiger charge is 2.26.